The highest BCUT2D eigenvalue weighted by Gasteiger charge is 2.61. The molecule has 0 heterocycles. The first-order chi connectivity index (χ1) is 12.8. The first kappa shape index (κ1) is 19.0. The molecule has 3 saturated carbocycles. The minimum atomic E-state index is -0.707. The van der Waals surface area contributed by atoms with Crippen molar-refractivity contribution in [2.45, 2.75) is 78.1 Å². The number of fused-ring (bicyclic) bond motifs is 5. The predicted octanol–water partition coefficient (Wildman–Crippen LogP) is 5.13. The van der Waals surface area contributed by atoms with Gasteiger partial charge in [-0.1, -0.05) is 25.5 Å². The number of hydrogen-bond donors (Lipinski definition) is 2. The Morgan fingerprint density at radius 1 is 1.11 bits per heavy atom. The molecule has 4 rings (SSSR count). The van der Waals surface area contributed by atoms with Crippen LogP contribution in [0.1, 0.15) is 78.1 Å². The summed E-state index contributed by atoms with van der Waals surface area (Å²) in [6, 6.07) is 0. The van der Waals surface area contributed by atoms with Crippen molar-refractivity contribution in [2.24, 2.45) is 40.4 Å². The SMILES string of the molecule is C[C@]12CC[C@H]3[C@@H](C(C(=O)O)CC4=CCCC[C@@]43C)[C@@H]1CC[C@@H]2CCC(=O)O. The van der Waals surface area contributed by atoms with E-state index in [2.05, 4.69) is 19.9 Å². The monoisotopic (exact) mass is 374 g/mol. The smallest absolute Gasteiger partial charge is 0.307 e. The fourth-order valence-corrected chi connectivity index (χ4v) is 7.88. The third kappa shape index (κ3) is 2.86. The molecule has 4 aliphatic rings. The van der Waals surface area contributed by atoms with Crippen molar-refractivity contribution in [3.8, 4) is 0 Å². The molecule has 0 bridgehead atoms. The Labute approximate surface area is 162 Å². The van der Waals surface area contributed by atoms with Crippen LogP contribution >= 0.6 is 0 Å². The van der Waals surface area contributed by atoms with Gasteiger partial charge in [0.2, 0.25) is 0 Å². The average molecular weight is 375 g/mol. The van der Waals surface area contributed by atoms with Crippen LogP contribution in [-0.4, -0.2) is 22.2 Å². The zero-order valence-corrected chi connectivity index (χ0v) is 16.7. The summed E-state index contributed by atoms with van der Waals surface area (Å²) < 4.78 is 0. The Morgan fingerprint density at radius 3 is 2.59 bits per heavy atom. The van der Waals surface area contributed by atoms with Crippen LogP contribution in [0.25, 0.3) is 0 Å². The summed E-state index contributed by atoms with van der Waals surface area (Å²) in [5, 5.41) is 19.2. The Morgan fingerprint density at radius 2 is 1.89 bits per heavy atom. The van der Waals surface area contributed by atoms with E-state index in [1.165, 1.54) is 18.4 Å². The molecule has 0 spiro atoms. The fraction of sp³-hybridized carbons (Fsp3) is 0.826. The van der Waals surface area contributed by atoms with Gasteiger partial charge >= 0.3 is 11.9 Å². The summed E-state index contributed by atoms with van der Waals surface area (Å²) in [6.45, 7) is 4.76. The van der Waals surface area contributed by atoms with Crippen LogP contribution in [0, 0.1) is 40.4 Å². The van der Waals surface area contributed by atoms with Gasteiger partial charge in [-0.15, -0.1) is 0 Å². The Kier molecular flexibility index (Phi) is 4.67. The number of allylic oxidation sites excluding steroid dienone is 2. The first-order valence-corrected chi connectivity index (χ1v) is 10.9. The number of hydrogen-bond acceptors (Lipinski definition) is 2. The topological polar surface area (TPSA) is 74.6 Å². The molecule has 4 nitrogen and oxygen atoms in total. The van der Waals surface area contributed by atoms with E-state index in [-0.39, 0.29) is 29.1 Å². The third-order valence-corrected chi connectivity index (χ3v) is 9.30. The van der Waals surface area contributed by atoms with Gasteiger partial charge in [0, 0.05) is 6.42 Å². The Balaban J connectivity index is 1.67. The van der Waals surface area contributed by atoms with Gasteiger partial charge in [0.15, 0.2) is 0 Å². The molecule has 4 heteroatoms. The van der Waals surface area contributed by atoms with Crippen LogP contribution in [0.15, 0.2) is 11.6 Å². The molecular formula is C23H34O4. The lowest BCUT2D eigenvalue weighted by Crippen LogP contribution is -2.54. The maximum Gasteiger partial charge on any atom is 0.307 e. The second kappa shape index (κ2) is 6.63. The minimum absolute atomic E-state index is 0.122. The van der Waals surface area contributed by atoms with Gasteiger partial charge in [0.25, 0.3) is 0 Å². The highest BCUT2D eigenvalue weighted by molar-refractivity contribution is 5.71. The van der Waals surface area contributed by atoms with E-state index in [0.717, 1.165) is 44.9 Å². The van der Waals surface area contributed by atoms with E-state index in [4.69, 9.17) is 5.11 Å². The second-order valence-electron chi connectivity index (χ2n) is 10.2. The molecule has 0 aromatic rings. The molecule has 1 unspecified atom stereocenters. The van der Waals surface area contributed by atoms with E-state index in [9.17, 15) is 14.7 Å². The molecule has 3 fully saturated rings. The standard InChI is InChI=1S/C23H34O4/c1-22-11-4-3-5-15(22)13-16(21(26)27)20-17-8-6-14(7-9-19(24)25)23(17,2)12-10-18(20)22/h5,14,16-18,20H,3-4,6-13H2,1-2H3,(H,24,25)(H,26,27)/t14-,16?,17+,18+,20+,22+,23-/m1/s1. The molecule has 0 radical (unpaired) electrons. The van der Waals surface area contributed by atoms with Crippen LogP contribution < -0.4 is 0 Å². The highest BCUT2D eigenvalue weighted by Crippen LogP contribution is 2.68. The van der Waals surface area contributed by atoms with Crippen molar-refractivity contribution < 1.29 is 19.8 Å². The summed E-state index contributed by atoms with van der Waals surface area (Å²) in [6.07, 6.45) is 12.0. The van der Waals surface area contributed by atoms with Crippen LogP contribution in [-0.2, 0) is 9.59 Å². The van der Waals surface area contributed by atoms with Crippen molar-refractivity contribution in [1.29, 1.82) is 0 Å². The summed E-state index contributed by atoms with van der Waals surface area (Å²) >= 11 is 0. The molecule has 0 amide bonds. The van der Waals surface area contributed by atoms with Gasteiger partial charge in [0.1, 0.15) is 0 Å². The number of aliphatic carboxylic acids is 2. The van der Waals surface area contributed by atoms with Crippen LogP contribution in [0.4, 0.5) is 0 Å². The molecule has 2 N–H and O–H groups in total. The summed E-state index contributed by atoms with van der Waals surface area (Å²) in [4.78, 5) is 23.4. The zero-order valence-electron chi connectivity index (χ0n) is 16.7. The molecule has 7 atom stereocenters. The number of carboxylic acids is 2. The van der Waals surface area contributed by atoms with E-state index in [0.29, 0.717) is 17.8 Å². The Bertz CT molecular complexity index is 667. The van der Waals surface area contributed by atoms with E-state index in [1.54, 1.807) is 0 Å². The highest BCUT2D eigenvalue weighted by atomic mass is 16.4. The summed E-state index contributed by atoms with van der Waals surface area (Å²) in [5.74, 6) is 0.0430. The van der Waals surface area contributed by atoms with Gasteiger partial charge in [-0.25, -0.2) is 0 Å². The van der Waals surface area contributed by atoms with Crippen molar-refractivity contribution >= 4 is 11.9 Å². The number of carboxylic acid groups (broad SMARTS) is 2. The molecule has 4 aliphatic carbocycles. The predicted molar refractivity (Wildman–Crippen MR) is 103 cm³/mol. The Hall–Kier alpha value is -1.32. The largest absolute Gasteiger partial charge is 0.481 e. The van der Waals surface area contributed by atoms with Crippen molar-refractivity contribution in [3.63, 3.8) is 0 Å². The van der Waals surface area contributed by atoms with Crippen LogP contribution in [0.3, 0.4) is 0 Å². The maximum atomic E-state index is 12.3. The van der Waals surface area contributed by atoms with Gasteiger partial charge in [0.05, 0.1) is 5.92 Å². The molecular weight excluding hydrogens is 340 g/mol. The van der Waals surface area contributed by atoms with Gasteiger partial charge < -0.3 is 10.2 Å². The molecule has 0 aromatic carbocycles. The van der Waals surface area contributed by atoms with Crippen LogP contribution in [0.2, 0.25) is 0 Å². The molecule has 0 aliphatic heterocycles. The van der Waals surface area contributed by atoms with Gasteiger partial charge in [-0.05, 0) is 92.3 Å². The van der Waals surface area contributed by atoms with Crippen molar-refractivity contribution in [1.82, 2.24) is 0 Å². The molecule has 0 aromatic heterocycles. The quantitative estimate of drug-likeness (QED) is 0.669. The zero-order chi connectivity index (χ0) is 19.4. The van der Waals surface area contributed by atoms with Gasteiger partial charge in [-0.3, -0.25) is 9.59 Å². The third-order valence-electron chi connectivity index (χ3n) is 9.30. The second-order valence-corrected chi connectivity index (χ2v) is 10.2. The van der Waals surface area contributed by atoms with Crippen molar-refractivity contribution in [3.05, 3.63) is 11.6 Å². The lowest BCUT2D eigenvalue weighted by molar-refractivity contribution is -0.154. The average Bonchev–Trinajstić information content (AvgIpc) is 2.95. The fourth-order valence-electron chi connectivity index (χ4n) is 7.88. The summed E-state index contributed by atoms with van der Waals surface area (Å²) in [5.41, 5.74) is 1.73. The lowest BCUT2D eigenvalue weighted by Gasteiger charge is -2.60. The molecule has 0 saturated heterocycles. The molecule has 27 heavy (non-hydrogen) atoms. The normalized spacial score (nSPS) is 46.0. The number of rotatable bonds is 4. The number of carbonyl (C=O) groups is 2. The van der Waals surface area contributed by atoms with E-state index >= 15 is 0 Å². The molecule has 150 valence electrons. The van der Waals surface area contributed by atoms with E-state index < -0.39 is 11.9 Å². The van der Waals surface area contributed by atoms with Crippen molar-refractivity contribution in [2.75, 3.05) is 0 Å². The minimum Gasteiger partial charge on any atom is -0.481 e. The van der Waals surface area contributed by atoms with Gasteiger partial charge in [-0.2, -0.15) is 0 Å². The lowest BCUT2D eigenvalue weighted by atomic mass is 9.44. The summed E-state index contributed by atoms with van der Waals surface area (Å²) in [7, 11) is 0. The van der Waals surface area contributed by atoms with Crippen LogP contribution in [0.5, 0.6) is 0 Å². The van der Waals surface area contributed by atoms with E-state index in [1.807, 2.05) is 0 Å². The first-order valence-electron chi connectivity index (χ1n) is 10.9. The maximum absolute atomic E-state index is 12.3.